The number of aromatic nitrogens is 4. The lowest BCUT2D eigenvalue weighted by Crippen LogP contribution is -2.49. The van der Waals surface area contributed by atoms with E-state index in [2.05, 4.69) is 31.1 Å². The van der Waals surface area contributed by atoms with Crippen molar-refractivity contribution < 1.29 is 27.8 Å². The quantitative estimate of drug-likeness (QED) is 0.138. The summed E-state index contributed by atoms with van der Waals surface area (Å²) >= 11 is 1.55. The lowest BCUT2D eigenvalue weighted by Gasteiger charge is -2.44. The van der Waals surface area contributed by atoms with Crippen LogP contribution in [0.5, 0.6) is 11.5 Å². The first-order valence-corrected chi connectivity index (χ1v) is 22.9. The van der Waals surface area contributed by atoms with Gasteiger partial charge in [0.05, 0.1) is 46.7 Å². The number of rotatable bonds is 9. The number of fused-ring (bicyclic) bond motifs is 2. The Morgan fingerprint density at radius 3 is 2.51 bits per heavy atom. The average Bonchev–Trinajstić information content (AvgIpc) is 4.04. The SMILES string of the molecule is Cn1nc(N2CCC(=O)NC2=O)c2cc(F)c(C3CCC(N4CCC5(CC4)CC(n4cnc6ccc(Oc7c(F)ccc(NSC8CCCC8)c7C#N)cc6c4=O)CO5)CC3)cc21. The highest BCUT2D eigenvalue weighted by Crippen LogP contribution is 2.44. The Labute approximate surface area is 367 Å². The topological polar surface area (TPSA) is 160 Å². The highest BCUT2D eigenvalue weighted by Gasteiger charge is 2.45. The van der Waals surface area contributed by atoms with Crippen molar-refractivity contribution in [2.24, 2.45) is 7.05 Å². The molecule has 3 aliphatic heterocycles. The highest BCUT2D eigenvalue weighted by molar-refractivity contribution is 8.01. The highest BCUT2D eigenvalue weighted by atomic mass is 32.2. The van der Waals surface area contributed by atoms with E-state index < -0.39 is 11.8 Å². The lowest BCUT2D eigenvalue weighted by atomic mass is 9.79. The third-order valence-corrected chi connectivity index (χ3v) is 15.2. The Kier molecular flexibility index (Phi) is 11.1. The van der Waals surface area contributed by atoms with Gasteiger partial charge in [-0.25, -0.2) is 18.6 Å². The maximum absolute atomic E-state index is 15.8. The standard InChI is InChI=1S/C46H49F2N9O5S/c1-54-40-22-32(37(48)21-34(40)43(52-54)56-17-14-41(58)51-45(56)60)27-6-8-28(9-7-27)55-18-15-46(16-19-55)23-29(25-61-46)57-26-50-38-12-10-30(20-33(38)44(57)59)62-42-35(24-49)39(13-11-36(42)47)53-63-31-4-2-3-5-31/h10-13,20-22,26-29,31,53H,2-9,14-19,23,25H2,1H3,(H,51,58,60). The van der Waals surface area contributed by atoms with Gasteiger partial charge in [0.1, 0.15) is 23.2 Å². The van der Waals surface area contributed by atoms with E-state index >= 15 is 8.78 Å². The molecule has 1 spiro atoms. The maximum Gasteiger partial charge on any atom is 0.329 e. The summed E-state index contributed by atoms with van der Waals surface area (Å²) in [6.45, 7) is 2.33. The number of anilines is 2. The van der Waals surface area contributed by atoms with E-state index in [0.717, 1.165) is 70.0 Å². The molecule has 3 amide bonds. The van der Waals surface area contributed by atoms with Crippen molar-refractivity contribution in [3.63, 3.8) is 0 Å². The van der Waals surface area contributed by atoms with Crippen molar-refractivity contribution in [2.75, 3.05) is 35.9 Å². The van der Waals surface area contributed by atoms with Crippen molar-refractivity contribution in [1.82, 2.24) is 29.5 Å². The zero-order valence-corrected chi connectivity index (χ0v) is 35.9. The first-order chi connectivity index (χ1) is 30.6. The summed E-state index contributed by atoms with van der Waals surface area (Å²) in [5, 5.41) is 18.2. The van der Waals surface area contributed by atoms with Crippen LogP contribution in [0.2, 0.25) is 0 Å². The van der Waals surface area contributed by atoms with E-state index in [1.165, 1.54) is 29.9 Å². The van der Waals surface area contributed by atoms with Crippen LogP contribution in [0.3, 0.4) is 0 Å². The molecule has 2 N–H and O–H groups in total. The first kappa shape index (κ1) is 41.4. The number of halogens is 2. The maximum atomic E-state index is 15.8. The van der Waals surface area contributed by atoms with Gasteiger partial charge in [-0.15, -0.1) is 0 Å². The van der Waals surface area contributed by atoms with Crippen LogP contribution in [-0.2, 0) is 16.6 Å². The van der Waals surface area contributed by atoms with Crippen molar-refractivity contribution in [3.8, 4) is 17.6 Å². The van der Waals surface area contributed by atoms with Gasteiger partial charge < -0.3 is 19.1 Å². The lowest BCUT2D eigenvalue weighted by molar-refractivity contribution is -0.120. The number of likely N-dealkylation sites (tertiary alicyclic amines) is 1. The van der Waals surface area contributed by atoms with Crippen LogP contribution in [0.25, 0.3) is 21.8 Å². The van der Waals surface area contributed by atoms with Crippen LogP contribution < -0.4 is 25.2 Å². The molecule has 10 rings (SSSR count). The molecule has 2 aromatic heterocycles. The number of nitriles is 1. The number of aryl methyl sites for hydroxylation is 1. The van der Waals surface area contributed by atoms with Crippen LogP contribution >= 0.6 is 11.9 Å². The Hall–Kier alpha value is -5.57. The third-order valence-electron chi connectivity index (χ3n) is 14.0. The number of hydrogen-bond acceptors (Lipinski definition) is 11. The summed E-state index contributed by atoms with van der Waals surface area (Å²) < 4.78 is 50.1. The van der Waals surface area contributed by atoms with Crippen LogP contribution in [0.4, 0.5) is 25.1 Å². The molecule has 0 radical (unpaired) electrons. The van der Waals surface area contributed by atoms with Gasteiger partial charge in [0.25, 0.3) is 5.56 Å². The number of hydrogen-bond donors (Lipinski definition) is 2. The minimum atomic E-state index is -0.670. The minimum absolute atomic E-state index is 0.0639. The number of benzene rings is 3. The fourth-order valence-electron chi connectivity index (χ4n) is 10.5. The van der Waals surface area contributed by atoms with Gasteiger partial charge in [-0.2, -0.15) is 10.4 Å². The number of amides is 3. The number of carbonyl (C=O) groups is 2. The van der Waals surface area contributed by atoms with Crippen molar-refractivity contribution in [1.29, 1.82) is 5.26 Å². The van der Waals surface area contributed by atoms with E-state index in [9.17, 15) is 19.6 Å². The summed E-state index contributed by atoms with van der Waals surface area (Å²) in [6, 6.07) is 12.8. The van der Waals surface area contributed by atoms with Crippen LogP contribution in [0.1, 0.15) is 100 Å². The molecule has 2 aliphatic carbocycles. The summed E-state index contributed by atoms with van der Waals surface area (Å²) in [4.78, 5) is 46.8. The molecule has 63 heavy (non-hydrogen) atoms. The largest absolute Gasteiger partial charge is 0.453 e. The van der Waals surface area contributed by atoms with Gasteiger partial charge in [-0.3, -0.25) is 29.1 Å². The number of ether oxygens (including phenoxy) is 2. The Balaban J connectivity index is 0.767. The average molecular weight is 878 g/mol. The van der Waals surface area contributed by atoms with Crippen molar-refractivity contribution >= 4 is 57.2 Å². The molecule has 5 fully saturated rings. The second-order valence-corrected chi connectivity index (χ2v) is 18.9. The Morgan fingerprint density at radius 1 is 0.952 bits per heavy atom. The number of urea groups is 1. The zero-order chi connectivity index (χ0) is 43.4. The normalized spacial score (nSPS) is 23.1. The molecular formula is C46H49F2N9O5S. The number of carbonyl (C=O) groups excluding carboxylic acids is 2. The smallest absolute Gasteiger partial charge is 0.329 e. The third kappa shape index (κ3) is 7.90. The summed E-state index contributed by atoms with van der Waals surface area (Å²) in [7, 11) is 1.78. The van der Waals surface area contributed by atoms with Gasteiger partial charge in [0.15, 0.2) is 17.4 Å². The minimum Gasteiger partial charge on any atom is -0.453 e. The molecule has 3 aromatic carbocycles. The Morgan fingerprint density at radius 2 is 1.75 bits per heavy atom. The van der Waals surface area contributed by atoms with Gasteiger partial charge >= 0.3 is 6.03 Å². The molecule has 14 nitrogen and oxygen atoms in total. The van der Waals surface area contributed by atoms with Gasteiger partial charge in [0, 0.05) is 49.8 Å². The zero-order valence-electron chi connectivity index (χ0n) is 35.1. The summed E-state index contributed by atoms with van der Waals surface area (Å²) in [5.74, 6) is -0.849. The predicted octanol–water partition coefficient (Wildman–Crippen LogP) is 8.20. The van der Waals surface area contributed by atoms with Crippen LogP contribution in [0, 0.1) is 23.0 Å². The molecule has 5 aliphatic rings. The molecule has 17 heteroatoms. The monoisotopic (exact) mass is 877 g/mol. The molecule has 5 aromatic rings. The molecule has 3 saturated heterocycles. The summed E-state index contributed by atoms with van der Waals surface area (Å²) in [5.41, 5.74) is 1.88. The predicted molar refractivity (Wildman–Crippen MR) is 235 cm³/mol. The van der Waals surface area contributed by atoms with Crippen molar-refractivity contribution in [2.45, 2.75) is 106 Å². The fourth-order valence-corrected chi connectivity index (χ4v) is 11.5. The molecule has 328 valence electrons. The molecule has 2 saturated carbocycles. The number of imide groups is 1. The van der Waals surface area contributed by atoms with Crippen LogP contribution in [-0.4, -0.2) is 79.3 Å². The van der Waals surface area contributed by atoms with Crippen molar-refractivity contribution in [3.05, 3.63) is 81.9 Å². The van der Waals surface area contributed by atoms with Gasteiger partial charge in [-0.05, 0) is 124 Å². The van der Waals surface area contributed by atoms with E-state index in [-0.39, 0.29) is 64.9 Å². The number of nitrogens with zero attached hydrogens (tertiary/aromatic N) is 7. The fraction of sp³-hybridized carbons (Fsp3) is 0.478. The number of piperidine rings is 1. The second kappa shape index (κ2) is 16.9. The molecule has 0 bridgehead atoms. The van der Waals surface area contributed by atoms with Gasteiger partial charge in [0.2, 0.25) is 5.91 Å². The Bertz CT molecular complexity index is 2710. The second-order valence-electron chi connectivity index (χ2n) is 17.8. The molecule has 1 unspecified atom stereocenters. The first-order valence-electron chi connectivity index (χ1n) is 22.0. The molecule has 1 atom stereocenters. The number of nitrogens with one attached hydrogen (secondary N) is 2. The van der Waals surface area contributed by atoms with E-state index in [1.54, 1.807) is 58.8 Å². The molecular weight excluding hydrogens is 829 g/mol. The summed E-state index contributed by atoms with van der Waals surface area (Å²) in [6.07, 6.45) is 12.3. The molecule has 5 heterocycles. The van der Waals surface area contributed by atoms with E-state index in [4.69, 9.17) is 9.47 Å². The van der Waals surface area contributed by atoms with E-state index in [1.807, 2.05) is 6.07 Å². The van der Waals surface area contributed by atoms with E-state index in [0.29, 0.717) is 57.7 Å². The van der Waals surface area contributed by atoms with Crippen LogP contribution in [0.15, 0.2) is 53.6 Å². The van der Waals surface area contributed by atoms with Gasteiger partial charge in [-0.1, -0.05) is 12.8 Å².